The normalized spacial score (nSPS) is 10.1. The largest absolute Gasteiger partial charge is 0.480 e. The fraction of sp³-hybridized carbons (Fsp3) is 0.417. The van der Waals surface area contributed by atoms with Crippen LogP contribution in [0.4, 0.5) is 4.39 Å². The predicted molar refractivity (Wildman–Crippen MR) is 63.3 cm³/mol. The molecule has 0 aliphatic carbocycles. The van der Waals surface area contributed by atoms with Gasteiger partial charge in [-0.25, -0.2) is 4.39 Å². The maximum atomic E-state index is 13.5. The molecule has 0 saturated carbocycles. The van der Waals surface area contributed by atoms with Crippen molar-refractivity contribution < 1.29 is 13.9 Å². The quantitative estimate of drug-likeness (QED) is 0.781. The second-order valence-electron chi connectivity index (χ2n) is 3.47. The van der Waals surface area contributed by atoms with Gasteiger partial charge >= 0.3 is 0 Å². The molecule has 0 fully saturated rings. The molecule has 4 nitrogen and oxygen atoms in total. The Hall–Kier alpha value is -1.62. The fourth-order valence-electron chi connectivity index (χ4n) is 1.32. The first-order valence-electron chi connectivity index (χ1n) is 5.50. The molecule has 0 aliphatic heterocycles. The van der Waals surface area contributed by atoms with Crippen LogP contribution in [0.2, 0.25) is 0 Å². The molecule has 0 unspecified atom stereocenters. The summed E-state index contributed by atoms with van der Waals surface area (Å²) in [5.41, 5.74) is 0.704. The summed E-state index contributed by atoms with van der Waals surface area (Å²) in [7, 11) is 1.51. The third-order valence-electron chi connectivity index (χ3n) is 2.24. The number of rotatable bonds is 6. The van der Waals surface area contributed by atoms with E-state index in [1.54, 1.807) is 12.1 Å². The van der Waals surface area contributed by atoms with Crippen molar-refractivity contribution >= 4 is 5.91 Å². The van der Waals surface area contributed by atoms with Gasteiger partial charge in [-0.3, -0.25) is 4.79 Å². The Balaban J connectivity index is 2.76. The Morgan fingerprint density at radius 3 is 2.88 bits per heavy atom. The number of hydrogen-bond acceptors (Lipinski definition) is 3. The lowest BCUT2D eigenvalue weighted by molar-refractivity contribution is -0.122. The number of carbonyl (C=O) groups excluding carboxylic acids is 1. The Bertz CT molecular complexity index is 383. The lowest BCUT2D eigenvalue weighted by Gasteiger charge is -2.12. The number of nitrogens with one attached hydrogen (secondary N) is 2. The average Bonchev–Trinajstić information content (AvgIpc) is 2.34. The summed E-state index contributed by atoms with van der Waals surface area (Å²) in [6.45, 7) is 3.07. The summed E-state index contributed by atoms with van der Waals surface area (Å²) in [4.78, 5) is 11.0. The number of benzene rings is 1. The zero-order chi connectivity index (χ0) is 12.7. The van der Waals surface area contributed by atoms with Gasteiger partial charge in [-0.05, 0) is 12.6 Å². The van der Waals surface area contributed by atoms with E-state index >= 15 is 0 Å². The highest BCUT2D eigenvalue weighted by atomic mass is 19.1. The molecule has 94 valence electrons. The molecular formula is C12H17FN2O2. The van der Waals surface area contributed by atoms with Crippen molar-refractivity contribution in [3.8, 4) is 5.75 Å². The summed E-state index contributed by atoms with van der Waals surface area (Å²) >= 11 is 0. The minimum absolute atomic E-state index is 0.136. The molecule has 5 heteroatoms. The Morgan fingerprint density at radius 2 is 2.24 bits per heavy atom. The molecule has 1 amide bonds. The van der Waals surface area contributed by atoms with Crippen LogP contribution in [0, 0.1) is 5.82 Å². The van der Waals surface area contributed by atoms with Crippen LogP contribution >= 0.6 is 0 Å². The van der Waals surface area contributed by atoms with Crippen molar-refractivity contribution in [3.63, 3.8) is 0 Å². The van der Waals surface area contributed by atoms with Gasteiger partial charge in [0.2, 0.25) is 0 Å². The molecule has 0 radical (unpaired) electrons. The smallest absolute Gasteiger partial charge is 0.257 e. The van der Waals surface area contributed by atoms with Crippen LogP contribution in [-0.2, 0) is 11.3 Å². The van der Waals surface area contributed by atoms with E-state index in [9.17, 15) is 9.18 Å². The summed E-state index contributed by atoms with van der Waals surface area (Å²) in [5, 5.41) is 5.50. The van der Waals surface area contributed by atoms with E-state index in [2.05, 4.69) is 10.6 Å². The average molecular weight is 240 g/mol. The Morgan fingerprint density at radius 1 is 1.47 bits per heavy atom. The topological polar surface area (TPSA) is 50.4 Å². The summed E-state index contributed by atoms with van der Waals surface area (Å²) in [6.07, 6.45) is 0. The zero-order valence-corrected chi connectivity index (χ0v) is 10.0. The number of hydrogen-bond donors (Lipinski definition) is 2. The van der Waals surface area contributed by atoms with Crippen LogP contribution in [0.1, 0.15) is 12.5 Å². The van der Waals surface area contributed by atoms with Gasteiger partial charge in [0.15, 0.2) is 18.2 Å². The summed E-state index contributed by atoms with van der Waals surface area (Å²) in [6, 6.07) is 4.70. The first-order valence-corrected chi connectivity index (χ1v) is 5.50. The minimum atomic E-state index is -0.454. The van der Waals surface area contributed by atoms with E-state index in [4.69, 9.17) is 4.74 Å². The van der Waals surface area contributed by atoms with E-state index in [0.717, 1.165) is 6.54 Å². The summed E-state index contributed by atoms with van der Waals surface area (Å²) < 4.78 is 18.7. The van der Waals surface area contributed by atoms with Gasteiger partial charge in [-0.2, -0.15) is 0 Å². The molecule has 2 N–H and O–H groups in total. The van der Waals surface area contributed by atoms with Gasteiger partial charge in [0, 0.05) is 19.2 Å². The van der Waals surface area contributed by atoms with Crippen molar-refractivity contribution in [3.05, 3.63) is 29.6 Å². The lowest BCUT2D eigenvalue weighted by atomic mass is 10.2. The SMILES string of the molecule is CCNCc1cccc(F)c1OCC(=O)NC. The van der Waals surface area contributed by atoms with Gasteiger partial charge in [0.05, 0.1) is 0 Å². The molecule has 0 bridgehead atoms. The molecule has 0 aromatic heterocycles. The third-order valence-corrected chi connectivity index (χ3v) is 2.24. The molecule has 17 heavy (non-hydrogen) atoms. The van der Waals surface area contributed by atoms with E-state index in [1.807, 2.05) is 6.92 Å². The van der Waals surface area contributed by atoms with E-state index in [-0.39, 0.29) is 18.3 Å². The van der Waals surface area contributed by atoms with Crippen LogP contribution in [0.5, 0.6) is 5.75 Å². The van der Waals surface area contributed by atoms with Crippen molar-refractivity contribution in [2.24, 2.45) is 0 Å². The summed E-state index contributed by atoms with van der Waals surface area (Å²) in [5.74, 6) is -0.607. The Kier molecular flexibility index (Phi) is 5.42. The highest BCUT2D eigenvalue weighted by Gasteiger charge is 2.10. The second kappa shape index (κ2) is 6.85. The first kappa shape index (κ1) is 13.4. The predicted octanol–water partition coefficient (Wildman–Crippen LogP) is 1.06. The number of ether oxygens (including phenoxy) is 1. The highest BCUT2D eigenvalue weighted by Crippen LogP contribution is 2.22. The van der Waals surface area contributed by atoms with Gasteiger partial charge < -0.3 is 15.4 Å². The molecule has 0 aliphatic rings. The van der Waals surface area contributed by atoms with E-state index in [0.29, 0.717) is 12.1 Å². The first-order chi connectivity index (χ1) is 8.19. The Labute approximate surface area is 100 Å². The zero-order valence-electron chi connectivity index (χ0n) is 10.0. The maximum absolute atomic E-state index is 13.5. The van der Waals surface area contributed by atoms with Crippen molar-refractivity contribution in [1.29, 1.82) is 0 Å². The molecule has 1 aromatic carbocycles. The second-order valence-corrected chi connectivity index (χ2v) is 3.47. The maximum Gasteiger partial charge on any atom is 0.257 e. The van der Waals surface area contributed by atoms with Gasteiger partial charge in [0.1, 0.15) is 0 Å². The monoisotopic (exact) mass is 240 g/mol. The fourth-order valence-corrected chi connectivity index (χ4v) is 1.32. The highest BCUT2D eigenvalue weighted by molar-refractivity contribution is 5.77. The number of amides is 1. The number of halogens is 1. The molecule has 0 atom stereocenters. The van der Waals surface area contributed by atoms with E-state index < -0.39 is 5.82 Å². The van der Waals surface area contributed by atoms with Crippen molar-refractivity contribution in [1.82, 2.24) is 10.6 Å². The van der Waals surface area contributed by atoms with Crippen LogP contribution < -0.4 is 15.4 Å². The van der Waals surface area contributed by atoms with Gasteiger partial charge in [-0.15, -0.1) is 0 Å². The third kappa shape index (κ3) is 4.03. The lowest BCUT2D eigenvalue weighted by Crippen LogP contribution is -2.25. The van der Waals surface area contributed by atoms with Gasteiger partial charge in [0.25, 0.3) is 5.91 Å². The molecule has 0 saturated heterocycles. The van der Waals surface area contributed by atoms with Crippen LogP contribution in [0.3, 0.4) is 0 Å². The van der Waals surface area contributed by atoms with Crippen molar-refractivity contribution in [2.45, 2.75) is 13.5 Å². The number of likely N-dealkylation sites (N-methyl/N-ethyl adjacent to an activating group) is 1. The molecule has 0 spiro atoms. The standard InChI is InChI=1S/C12H17FN2O2/c1-3-15-7-9-5-4-6-10(13)12(9)17-8-11(16)14-2/h4-6,15H,3,7-8H2,1-2H3,(H,14,16). The number of carbonyl (C=O) groups is 1. The molecular weight excluding hydrogens is 223 g/mol. The van der Waals surface area contributed by atoms with E-state index in [1.165, 1.54) is 13.1 Å². The van der Waals surface area contributed by atoms with Crippen molar-refractivity contribution in [2.75, 3.05) is 20.2 Å². The molecule has 1 aromatic rings. The molecule has 0 heterocycles. The van der Waals surface area contributed by atoms with Crippen LogP contribution in [-0.4, -0.2) is 26.1 Å². The van der Waals surface area contributed by atoms with Gasteiger partial charge in [-0.1, -0.05) is 19.1 Å². The van der Waals surface area contributed by atoms with Crippen LogP contribution in [0.25, 0.3) is 0 Å². The molecule has 1 rings (SSSR count). The van der Waals surface area contributed by atoms with Crippen LogP contribution in [0.15, 0.2) is 18.2 Å². The minimum Gasteiger partial charge on any atom is -0.480 e. The number of para-hydroxylation sites is 1.